The fraction of sp³-hybridized carbons (Fsp3) is 0.684. The molecule has 5 amide bonds. The van der Waals surface area contributed by atoms with Crippen LogP contribution in [0.5, 0.6) is 0 Å². The largest absolute Gasteiger partial charge is 0.480 e. The lowest BCUT2D eigenvalue weighted by Crippen LogP contribution is -2.57. The molecule has 32 heavy (non-hydrogen) atoms. The van der Waals surface area contributed by atoms with E-state index in [9.17, 15) is 28.8 Å². The molecule has 13 heteroatoms. The van der Waals surface area contributed by atoms with Crippen molar-refractivity contribution in [3.8, 4) is 0 Å². The molecule has 180 valence electrons. The Morgan fingerprint density at radius 2 is 1.66 bits per heavy atom. The lowest BCUT2D eigenvalue weighted by molar-refractivity contribution is -0.143. The zero-order valence-corrected chi connectivity index (χ0v) is 18.5. The SMILES string of the molecule is CC(C)[C@H](NC(=O)CNC(=O)[C@H](C)NC(=O)CN)C(=O)N1CCC[C@H]1C(=O)NCC(=O)O. The van der Waals surface area contributed by atoms with E-state index >= 15 is 0 Å². The van der Waals surface area contributed by atoms with E-state index in [-0.39, 0.29) is 12.5 Å². The number of carboxylic acid groups (broad SMARTS) is 1. The molecule has 1 aliphatic heterocycles. The van der Waals surface area contributed by atoms with Gasteiger partial charge in [-0.25, -0.2) is 0 Å². The zero-order chi connectivity index (χ0) is 24.4. The number of hydrogen-bond acceptors (Lipinski definition) is 7. The summed E-state index contributed by atoms with van der Waals surface area (Å²) in [6.07, 6.45) is 0.955. The number of carboxylic acids is 1. The van der Waals surface area contributed by atoms with Crippen LogP contribution in [0.3, 0.4) is 0 Å². The quantitative estimate of drug-likeness (QED) is 0.188. The highest BCUT2D eigenvalue weighted by atomic mass is 16.4. The summed E-state index contributed by atoms with van der Waals surface area (Å²) in [5.74, 6) is -4.26. The molecule has 0 unspecified atom stereocenters. The first-order chi connectivity index (χ1) is 15.0. The molecule has 0 saturated carbocycles. The molecule has 0 aromatic carbocycles. The van der Waals surface area contributed by atoms with Gasteiger partial charge >= 0.3 is 5.97 Å². The summed E-state index contributed by atoms with van der Waals surface area (Å²) in [6.45, 7) is 3.94. The van der Waals surface area contributed by atoms with Gasteiger partial charge in [-0.15, -0.1) is 0 Å². The number of carbonyl (C=O) groups excluding carboxylic acids is 5. The van der Waals surface area contributed by atoms with Crippen LogP contribution in [0.1, 0.15) is 33.6 Å². The molecule has 7 N–H and O–H groups in total. The third kappa shape index (κ3) is 8.13. The minimum Gasteiger partial charge on any atom is -0.480 e. The summed E-state index contributed by atoms with van der Waals surface area (Å²) in [5, 5.41) is 18.3. The van der Waals surface area contributed by atoms with Crippen molar-refractivity contribution in [2.45, 2.75) is 51.7 Å². The minimum atomic E-state index is -1.19. The summed E-state index contributed by atoms with van der Waals surface area (Å²) in [5.41, 5.74) is 5.17. The molecule has 1 aliphatic rings. The Morgan fingerprint density at radius 1 is 1.00 bits per heavy atom. The molecule has 0 radical (unpaired) electrons. The van der Waals surface area contributed by atoms with Crippen LogP contribution in [0.15, 0.2) is 0 Å². The van der Waals surface area contributed by atoms with Crippen LogP contribution in [-0.4, -0.2) is 89.8 Å². The van der Waals surface area contributed by atoms with Crippen molar-refractivity contribution < 1.29 is 33.9 Å². The first-order valence-corrected chi connectivity index (χ1v) is 10.3. The summed E-state index contributed by atoms with van der Waals surface area (Å²) in [4.78, 5) is 72.9. The van der Waals surface area contributed by atoms with Crippen LogP contribution in [0.4, 0.5) is 0 Å². The van der Waals surface area contributed by atoms with Gasteiger partial charge < -0.3 is 37.0 Å². The molecule has 0 aliphatic carbocycles. The van der Waals surface area contributed by atoms with E-state index in [4.69, 9.17) is 10.8 Å². The normalized spacial score (nSPS) is 17.3. The van der Waals surface area contributed by atoms with Crippen LogP contribution in [0.2, 0.25) is 0 Å². The molecule has 13 nitrogen and oxygen atoms in total. The van der Waals surface area contributed by atoms with Gasteiger partial charge in [0.25, 0.3) is 0 Å². The topological polar surface area (TPSA) is 200 Å². The molecule has 0 aromatic rings. The lowest BCUT2D eigenvalue weighted by Gasteiger charge is -2.30. The van der Waals surface area contributed by atoms with Gasteiger partial charge in [0.05, 0.1) is 13.1 Å². The average molecular weight is 457 g/mol. The Hall–Kier alpha value is -3.22. The van der Waals surface area contributed by atoms with Gasteiger partial charge in [-0.2, -0.15) is 0 Å². The number of carbonyl (C=O) groups is 6. The van der Waals surface area contributed by atoms with Crippen LogP contribution in [0.25, 0.3) is 0 Å². The Kier molecular flexibility index (Phi) is 10.5. The van der Waals surface area contributed by atoms with Crippen molar-refractivity contribution in [1.82, 2.24) is 26.2 Å². The number of nitrogens with two attached hydrogens (primary N) is 1. The Balaban J connectivity index is 2.69. The molecule has 0 spiro atoms. The fourth-order valence-electron chi connectivity index (χ4n) is 3.19. The van der Waals surface area contributed by atoms with Crippen LogP contribution in [0, 0.1) is 5.92 Å². The van der Waals surface area contributed by atoms with Crippen molar-refractivity contribution in [3.63, 3.8) is 0 Å². The van der Waals surface area contributed by atoms with Crippen molar-refractivity contribution in [3.05, 3.63) is 0 Å². The third-order valence-electron chi connectivity index (χ3n) is 4.88. The number of hydrogen-bond donors (Lipinski definition) is 6. The monoisotopic (exact) mass is 456 g/mol. The Bertz CT molecular complexity index is 742. The van der Waals surface area contributed by atoms with Gasteiger partial charge in [0, 0.05) is 6.54 Å². The Morgan fingerprint density at radius 3 is 2.22 bits per heavy atom. The molecule has 3 atom stereocenters. The van der Waals surface area contributed by atoms with Crippen molar-refractivity contribution in [2.24, 2.45) is 11.7 Å². The highest BCUT2D eigenvalue weighted by Crippen LogP contribution is 2.20. The first kappa shape index (κ1) is 26.8. The van der Waals surface area contributed by atoms with E-state index in [1.54, 1.807) is 13.8 Å². The zero-order valence-electron chi connectivity index (χ0n) is 18.5. The van der Waals surface area contributed by atoms with E-state index in [0.717, 1.165) is 0 Å². The number of likely N-dealkylation sites (tertiary alicyclic amines) is 1. The number of amides is 5. The Labute approximate surface area is 185 Å². The van der Waals surface area contributed by atoms with Crippen LogP contribution >= 0.6 is 0 Å². The maximum Gasteiger partial charge on any atom is 0.322 e. The van der Waals surface area contributed by atoms with Crippen LogP contribution in [-0.2, 0) is 28.8 Å². The third-order valence-corrected chi connectivity index (χ3v) is 4.88. The molecule has 0 aromatic heterocycles. The summed E-state index contributed by atoms with van der Waals surface area (Å²) < 4.78 is 0. The van der Waals surface area contributed by atoms with Crippen molar-refractivity contribution in [2.75, 3.05) is 26.2 Å². The first-order valence-electron chi connectivity index (χ1n) is 10.3. The number of nitrogens with zero attached hydrogens (tertiary/aromatic N) is 1. The average Bonchev–Trinajstić information content (AvgIpc) is 3.23. The van der Waals surface area contributed by atoms with E-state index in [1.165, 1.54) is 11.8 Å². The van der Waals surface area contributed by atoms with Crippen molar-refractivity contribution >= 4 is 35.5 Å². The second-order valence-corrected chi connectivity index (χ2v) is 7.80. The second kappa shape index (κ2) is 12.6. The van der Waals surface area contributed by atoms with Gasteiger partial charge in [-0.1, -0.05) is 13.8 Å². The van der Waals surface area contributed by atoms with Gasteiger partial charge in [0.15, 0.2) is 0 Å². The molecular formula is C19H32N6O7. The van der Waals surface area contributed by atoms with E-state index in [2.05, 4.69) is 21.3 Å². The summed E-state index contributed by atoms with van der Waals surface area (Å²) in [7, 11) is 0. The van der Waals surface area contributed by atoms with Crippen LogP contribution < -0.4 is 27.0 Å². The summed E-state index contributed by atoms with van der Waals surface area (Å²) >= 11 is 0. The number of aliphatic carboxylic acids is 1. The number of nitrogens with one attached hydrogen (secondary N) is 4. The van der Waals surface area contributed by atoms with E-state index in [0.29, 0.717) is 19.4 Å². The lowest BCUT2D eigenvalue weighted by atomic mass is 10.0. The molecule has 1 saturated heterocycles. The van der Waals surface area contributed by atoms with E-state index < -0.39 is 66.7 Å². The van der Waals surface area contributed by atoms with Gasteiger partial charge in [0.1, 0.15) is 24.7 Å². The molecular weight excluding hydrogens is 424 g/mol. The predicted molar refractivity (Wildman–Crippen MR) is 112 cm³/mol. The highest BCUT2D eigenvalue weighted by molar-refractivity contribution is 5.95. The second-order valence-electron chi connectivity index (χ2n) is 7.80. The van der Waals surface area contributed by atoms with E-state index in [1.807, 2.05) is 0 Å². The maximum atomic E-state index is 13.0. The fourth-order valence-corrected chi connectivity index (χ4v) is 3.19. The standard InChI is InChI=1S/C19H32N6O7/c1-10(2)16(24-14(27)8-21-17(30)11(3)23-13(26)7-20)19(32)25-6-4-5-12(25)18(31)22-9-15(28)29/h10-12,16H,4-9,20H2,1-3H3,(H,21,30)(H,22,31)(H,23,26)(H,24,27)(H,28,29)/t11-,12-,16-/m0/s1. The van der Waals surface area contributed by atoms with Gasteiger partial charge in [0.2, 0.25) is 29.5 Å². The van der Waals surface area contributed by atoms with Gasteiger partial charge in [-0.05, 0) is 25.7 Å². The smallest absolute Gasteiger partial charge is 0.322 e. The predicted octanol–water partition coefficient (Wildman–Crippen LogP) is -3.10. The maximum absolute atomic E-state index is 13.0. The molecule has 1 rings (SSSR count). The summed E-state index contributed by atoms with van der Waals surface area (Å²) in [6, 6.07) is -2.65. The minimum absolute atomic E-state index is 0.276. The van der Waals surface area contributed by atoms with Crippen molar-refractivity contribution in [1.29, 1.82) is 0 Å². The number of rotatable bonds is 11. The molecule has 1 heterocycles. The molecule has 0 bridgehead atoms. The molecule has 1 fully saturated rings. The van der Waals surface area contributed by atoms with Gasteiger partial charge in [-0.3, -0.25) is 28.8 Å². The highest BCUT2D eigenvalue weighted by Gasteiger charge is 2.38.